The third-order valence-corrected chi connectivity index (χ3v) is 9.17. The van der Waals surface area contributed by atoms with Crippen LogP contribution < -0.4 is 5.32 Å². The molecule has 0 saturated carbocycles. The van der Waals surface area contributed by atoms with Crippen molar-refractivity contribution < 1.29 is 8.83 Å². The molecule has 1 unspecified atom stereocenters. The van der Waals surface area contributed by atoms with Crippen molar-refractivity contribution in [2.75, 3.05) is 0 Å². The second-order valence-corrected chi connectivity index (χ2v) is 12.0. The van der Waals surface area contributed by atoms with Crippen molar-refractivity contribution in [2.24, 2.45) is 9.98 Å². The van der Waals surface area contributed by atoms with Gasteiger partial charge in [-0.3, -0.25) is 4.98 Å². The third-order valence-electron chi connectivity index (χ3n) is 9.17. The molecule has 10 rings (SSSR count). The Morgan fingerprint density at radius 2 is 1.29 bits per heavy atom. The zero-order chi connectivity index (χ0) is 31.6. The van der Waals surface area contributed by atoms with Crippen LogP contribution in [0.3, 0.4) is 0 Å². The first-order chi connectivity index (χ1) is 23.8. The Kier molecular flexibility index (Phi) is 5.84. The number of amidine groups is 2. The van der Waals surface area contributed by atoms with Gasteiger partial charge in [-0.05, 0) is 40.6 Å². The minimum Gasteiger partial charge on any atom is -0.456 e. The highest BCUT2D eigenvalue weighted by atomic mass is 16.3. The predicted molar refractivity (Wildman–Crippen MR) is 194 cm³/mol. The standard InChI is InChI=1S/C42H26N4O2/c1-3-12-25(13-4-1)40-44-41(26-14-5-2-6-15-26)46-42(45-40)32-24-43-38(30-19-11-21-34-36(30)29-18-9-10-20-33(29)47-34)39-37(32)31-22-27-16-7-8-17-28(27)23-35(31)48-39/h1-24,40H,(H,44,45,46). The van der Waals surface area contributed by atoms with Crippen LogP contribution in [0.2, 0.25) is 0 Å². The molecule has 1 aliphatic rings. The van der Waals surface area contributed by atoms with Crippen LogP contribution in [0.5, 0.6) is 0 Å². The first-order valence-electron chi connectivity index (χ1n) is 16.0. The van der Waals surface area contributed by atoms with E-state index in [4.69, 9.17) is 23.8 Å². The van der Waals surface area contributed by atoms with E-state index >= 15 is 0 Å². The minimum atomic E-state index is -0.339. The van der Waals surface area contributed by atoms with Gasteiger partial charge in [-0.1, -0.05) is 115 Å². The minimum absolute atomic E-state index is 0.339. The van der Waals surface area contributed by atoms with Crippen molar-refractivity contribution in [1.29, 1.82) is 0 Å². The zero-order valence-electron chi connectivity index (χ0n) is 25.6. The number of nitrogens with one attached hydrogen (secondary N) is 1. The maximum absolute atomic E-state index is 6.83. The molecule has 1 atom stereocenters. The van der Waals surface area contributed by atoms with Crippen LogP contribution in [-0.4, -0.2) is 16.7 Å². The number of nitrogens with zero attached hydrogens (tertiary/aromatic N) is 3. The Balaban J connectivity index is 1.27. The molecule has 6 aromatic carbocycles. The SMILES string of the molecule is c1ccc(C2=NC(c3ccccc3)NC(c3cnc(-c4cccc5oc6ccccc6c45)c4oc5cc6ccccc6cc5c34)=N2)cc1. The summed E-state index contributed by atoms with van der Waals surface area (Å²) in [6.45, 7) is 0. The van der Waals surface area contributed by atoms with E-state index < -0.39 is 0 Å². The summed E-state index contributed by atoms with van der Waals surface area (Å²) >= 11 is 0. The molecule has 48 heavy (non-hydrogen) atoms. The second-order valence-electron chi connectivity index (χ2n) is 12.0. The summed E-state index contributed by atoms with van der Waals surface area (Å²) in [5, 5.41) is 9.87. The van der Waals surface area contributed by atoms with Crippen LogP contribution in [0, 0.1) is 0 Å². The van der Waals surface area contributed by atoms with E-state index in [0.29, 0.717) is 17.3 Å². The van der Waals surface area contributed by atoms with Gasteiger partial charge in [-0.2, -0.15) is 0 Å². The monoisotopic (exact) mass is 618 g/mol. The maximum Gasteiger partial charge on any atom is 0.162 e. The molecule has 226 valence electrons. The number of benzene rings is 6. The van der Waals surface area contributed by atoms with Gasteiger partial charge in [0.15, 0.2) is 11.4 Å². The summed E-state index contributed by atoms with van der Waals surface area (Å²) in [4.78, 5) is 15.3. The Morgan fingerprint density at radius 3 is 2.15 bits per heavy atom. The van der Waals surface area contributed by atoms with Crippen LogP contribution in [0.15, 0.2) is 165 Å². The van der Waals surface area contributed by atoms with Gasteiger partial charge in [0, 0.05) is 44.4 Å². The van der Waals surface area contributed by atoms with Crippen molar-refractivity contribution in [1.82, 2.24) is 10.3 Å². The highest BCUT2D eigenvalue weighted by molar-refractivity contribution is 6.25. The molecular formula is C42H26N4O2. The Bertz CT molecular complexity index is 2760. The van der Waals surface area contributed by atoms with Crippen molar-refractivity contribution in [3.63, 3.8) is 0 Å². The lowest BCUT2D eigenvalue weighted by Crippen LogP contribution is -2.33. The average Bonchev–Trinajstić information content (AvgIpc) is 3.72. The summed E-state index contributed by atoms with van der Waals surface area (Å²) < 4.78 is 13.1. The number of fused-ring (bicyclic) bond motifs is 7. The van der Waals surface area contributed by atoms with Gasteiger partial charge in [-0.15, -0.1) is 0 Å². The topological polar surface area (TPSA) is 75.9 Å². The predicted octanol–water partition coefficient (Wildman–Crippen LogP) is 10.2. The van der Waals surface area contributed by atoms with E-state index in [2.05, 4.69) is 66.0 Å². The molecule has 6 nitrogen and oxygen atoms in total. The third kappa shape index (κ3) is 4.16. The van der Waals surface area contributed by atoms with E-state index in [1.165, 1.54) is 0 Å². The van der Waals surface area contributed by atoms with E-state index in [-0.39, 0.29) is 6.17 Å². The number of pyridine rings is 1. The van der Waals surface area contributed by atoms with E-state index in [1.807, 2.05) is 85.1 Å². The molecule has 0 aliphatic carbocycles. The van der Waals surface area contributed by atoms with E-state index in [0.717, 1.165) is 77.0 Å². The number of hydrogen-bond acceptors (Lipinski definition) is 6. The summed E-state index contributed by atoms with van der Waals surface area (Å²) in [5.74, 6) is 1.34. The Hall–Kier alpha value is -6.53. The number of rotatable bonds is 4. The fourth-order valence-electron chi connectivity index (χ4n) is 6.92. The Labute approximate surface area is 274 Å². The van der Waals surface area contributed by atoms with Crippen LogP contribution >= 0.6 is 0 Å². The van der Waals surface area contributed by atoms with E-state index in [9.17, 15) is 0 Å². The van der Waals surface area contributed by atoms with Crippen LogP contribution in [0.4, 0.5) is 0 Å². The van der Waals surface area contributed by atoms with Crippen molar-refractivity contribution in [3.8, 4) is 11.3 Å². The lowest BCUT2D eigenvalue weighted by Gasteiger charge is -2.24. The fourth-order valence-corrected chi connectivity index (χ4v) is 6.92. The van der Waals surface area contributed by atoms with Crippen molar-refractivity contribution in [2.45, 2.75) is 6.17 Å². The van der Waals surface area contributed by atoms with Gasteiger partial charge >= 0.3 is 0 Å². The van der Waals surface area contributed by atoms with Gasteiger partial charge in [0.25, 0.3) is 0 Å². The largest absolute Gasteiger partial charge is 0.456 e. The Morgan fingerprint density at radius 1 is 0.562 bits per heavy atom. The normalized spacial score (nSPS) is 14.9. The van der Waals surface area contributed by atoms with Crippen LogP contribution in [0.25, 0.3) is 65.9 Å². The summed E-state index contributed by atoms with van der Waals surface area (Å²) in [5.41, 5.74) is 7.66. The molecule has 4 heterocycles. The molecule has 0 bridgehead atoms. The van der Waals surface area contributed by atoms with Crippen LogP contribution in [-0.2, 0) is 0 Å². The molecule has 6 heteroatoms. The van der Waals surface area contributed by atoms with Crippen LogP contribution in [0.1, 0.15) is 22.9 Å². The molecule has 1 N–H and O–H groups in total. The summed E-state index contributed by atoms with van der Waals surface area (Å²) in [6.07, 6.45) is 1.58. The van der Waals surface area contributed by atoms with Gasteiger partial charge in [0.05, 0.1) is 0 Å². The number of aliphatic imine (C=N–C) groups is 2. The number of para-hydroxylation sites is 1. The summed E-state index contributed by atoms with van der Waals surface area (Å²) in [7, 11) is 0. The molecular weight excluding hydrogens is 592 g/mol. The van der Waals surface area contributed by atoms with Gasteiger partial charge in [0.1, 0.15) is 34.4 Å². The first-order valence-corrected chi connectivity index (χ1v) is 16.0. The average molecular weight is 619 g/mol. The van der Waals surface area contributed by atoms with Crippen molar-refractivity contribution >= 4 is 66.3 Å². The second kappa shape index (κ2) is 10.5. The number of hydrogen-bond donors (Lipinski definition) is 1. The van der Waals surface area contributed by atoms with Crippen molar-refractivity contribution in [3.05, 3.63) is 162 Å². The fraction of sp³-hybridized carbons (Fsp3) is 0.0238. The smallest absolute Gasteiger partial charge is 0.162 e. The van der Waals surface area contributed by atoms with Gasteiger partial charge in [0.2, 0.25) is 0 Å². The molecule has 0 saturated heterocycles. The molecule has 9 aromatic rings. The molecule has 0 radical (unpaired) electrons. The molecule has 0 spiro atoms. The molecule has 3 aromatic heterocycles. The summed E-state index contributed by atoms with van der Waals surface area (Å²) in [6, 6.07) is 47.3. The van der Waals surface area contributed by atoms with E-state index in [1.54, 1.807) is 0 Å². The lowest BCUT2D eigenvalue weighted by molar-refractivity contribution is 0.667. The maximum atomic E-state index is 6.83. The highest BCUT2D eigenvalue weighted by Crippen LogP contribution is 2.42. The highest BCUT2D eigenvalue weighted by Gasteiger charge is 2.27. The lowest BCUT2D eigenvalue weighted by atomic mass is 9.98. The molecule has 0 amide bonds. The van der Waals surface area contributed by atoms with Gasteiger partial charge in [-0.25, -0.2) is 9.98 Å². The number of aromatic nitrogens is 1. The molecule has 1 aliphatic heterocycles. The molecule has 0 fully saturated rings. The number of furan rings is 2. The zero-order valence-corrected chi connectivity index (χ0v) is 25.6. The quantitative estimate of drug-likeness (QED) is 0.213. The first kappa shape index (κ1) is 26.7. The van der Waals surface area contributed by atoms with Gasteiger partial charge < -0.3 is 14.2 Å².